The average Bonchev–Trinajstić information content (AvgIpc) is 3.11. The second kappa shape index (κ2) is 7.25. The molecule has 0 atom stereocenters. The first-order chi connectivity index (χ1) is 12.7. The number of aromatic amines is 1. The summed E-state index contributed by atoms with van der Waals surface area (Å²) in [5, 5.41) is 16.8. The van der Waals surface area contributed by atoms with Crippen LogP contribution in [0.4, 0.5) is 0 Å². The van der Waals surface area contributed by atoms with E-state index in [1.165, 1.54) is 11.3 Å². The molecule has 2 aromatic heterocycles. The number of rotatable bonds is 5. The van der Waals surface area contributed by atoms with Gasteiger partial charge in [-0.25, -0.2) is 9.97 Å². The monoisotopic (exact) mass is 349 g/mol. The summed E-state index contributed by atoms with van der Waals surface area (Å²) in [5.74, 6) is 1.23. The quantitative estimate of drug-likeness (QED) is 0.740. The molecule has 1 aliphatic rings. The van der Waals surface area contributed by atoms with E-state index in [-0.39, 0.29) is 5.75 Å². The number of aromatic nitrogens is 4. The van der Waals surface area contributed by atoms with E-state index in [9.17, 15) is 5.11 Å². The van der Waals surface area contributed by atoms with Gasteiger partial charge in [-0.2, -0.15) is 5.10 Å². The summed E-state index contributed by atoms with van der Waals surface area (Å²) >= 11 is 0. The van der Waals surface area contributed by atoms with Gasteiger partial charge in [-0.3, -0.25) is 10.00 Å². The Morgan fingerprint density at radius 3 is 2.85 bits per heavy atom. The van der Waals surface area contributed by atoms with Crippen molar-refractivity contribution in [2.75, 3.05) is 6.54 Å². The molecule has 3 aromatic rings. The van der Waals surface area contributed by atoms with Gasteiger partial charge in [0.2, 0.25) is 0 Å². The van der Waals surface area contributed by atoms with Crippen molar-refractivity contribution in [3.63, 3.8) is 0 Å². The molecular weight excluding hydrogens is 326 g/mol. The molecule has 0 aliphatic carbocycles. The van der Waals surface area contributed by atoms with Crippen molar-refractivity contribution in [1.82, 2.24) is 25.1 Å². The second-order valence-corrected chi connectivity index (χ2v) is 6.79. The summed E-state index contributed by atoms with van der Waals surface area (Å²) in [5.41, 5.74) is 5.62. The third-order valence-electron chi connectivity index (χ3n) is 4.80. The molecule has 0 unspecified atom stereocenters. The average molecular weight is 349 g/mol. The zero-order valence-electron chi connectivity index (χ0n) is 14.9. The zero-order valence-corrected chi connectivity index (χ0v) is 14.9. The second-order valence-electron chi connectivity index (χ2n) is 6.79. The Hall–Kier alpha value is -2.73. The number of benzene rings is 1. The first-order valence-corrected chi connectivity index (χ1v) is 9.10. The third kappa shape index (κ3) is 3.46. The number of hydrogen-bond donors (Lipinski definition) is 2. The van der Waals surface area contributed by atoms with Gasteiger partial charge < -0.3 is 5.11 Å². The molecule has 2 N–H and O–H groups in total. The Morgan fingerprint density at radius 1 is 1.19 bits per heavy atom. The van der Waals surface area contributed by atoms with Crippen LogP contribution in [0.3, 0.4) is 0 Å². The number of hydrogen-bond acceptors (Lipinski definition) is 5. The number of phenols is 1. The molecule has 6 heteroatoms. The van der Waals surface area contributed by atoms with Crippen LogP contribution in [0.5, 0.6) is 5.75 Å². The van der Waals surface area contributed by atoms with Gasteiger partial charge in [0.05, 0.1) is 11.9 Å². The number of aromatic hydroxyl groups is 1. The van der Waals surface area contributed by atoms with E-state index >= 15 is 0 Å². The Labute approximate surface area is 152 Å². The first-order valence-electron chi connectivity index (χ1n) is 9.10. The molecule has 0 saturated heterocycles. The fourth-order valence-electron chi connectivity index (χ4n) is 3.44. The lowest BCUT2D eigenvalue weighted by molar-refractivity contribution is 0.243. The highest BCUT2D eigenvalue weighted by molar-refractivity contribution is 5.63. The molecule has 26 heavy (non-hydrogen) atoms. The highest BCUT2D eigenvalue weighted by Crippen LogP contribution is 2.26. The maximum Gasteiger partial charge on any atom is 0.128 e. The minimum atomic E-state index is 0.268. The van der Waals surface area contributed by atoms with Crippen LogP contribution in [0.15, 0.2) is 36.7 Å². The van der Waals surface area contributed by atoms with Gasteiger partial charge in [0.1, 0.15) is 11.6 Å². The van der Waals surface area contributed by atoms with E-state index in [1.54, 1.807) is 12.1 Å². The molecule has 0 bridgehead atoms. The van der Waals surface area contributed by atoms with Gasteiger partial charge in [-0.1, -0.05) is 6.92 Å². The first kappa shape index (κ1) is 16.7. The number of fused-ring (bicyclic) bond motifs is 1. The van der Waals surface area contributed by atoms with Crippen LogP contribution in [0.1, 0.15) is 36.0 Å². The Bertz CT molecular complexity index is 887. The number of nitrogens with zero attached hydrogens (tertiary/aromatic N) is 4. The van der Waals surface area contributed by atoms with Crippen molar-refractivity contribution in [3.05, 3.63) is 59.3 Å². The normalized spacial score (nSPS) is 14.3. The van der Waals surface area contributed by atoms with Gasteiger partial charge >= 0.3 is 0 Å². The van der Waals surface area contributed by atoms with Crippen LogP contribution in [-0.4, -0.2) is 36.7 Å². The van der Waals surface area contributed by atoms with Crippen LogP contribution in [-0.2, 0) is 25.9 Å². The molecule has 0 amide bonds. The van der Waals surface area contributed by atoms with Crippen molar-refractivity contribution in [1.29, 1.82) is 0 Å². The van der Waals surface area contributed by atoms with Crippen LogP contribution in [0.25, 0.3) is 11.3 Å². The largest absolute Gasteiger partial charge is 0.508 e. The predicted molar refractivity (Wildman–Crippen MR) is 99.5 cm³/mol. The van der Waals surface area contributed by atoms with Crippen molar-refractivity contribution >= 4 is 0 Å². The number of nitrogens with one attached hydrogen (secondary N) is 1. The summed E-state index contributed by atoms with van der Waals surface area (Å²) in [4.78, 5) is 11.6. The molecule has 1 aromatic carbocycles. The lowest BCUT2D eigenvalue weighted by Crippen LogP contribution is -2.31. The van der Waals surface area contributed by atoms with E-state index in [0.717, 1.165) is 61.5 Å². The van der Waals surface area contributed by atoms with Gasteiger partial charge in [-0.05, 0) is 30.7 Å². The lowest BCUT2D eigenvalue weighted by Gasteiger charge is -2.28. The highest BCUT2D eigenvalue weighted by Gasteiger charge is 2.20. The SMILES string of the molecule is CCCc1ncc2c(n1)CCN(Cc1cn[nH]c1-c1ccc(O)cc1)C2. The number of phenolic OH excluding ortho intramolecular Hbond substituents is 1. The Balaban J connectivity index is 1.49. The lowest BCUT2D eigenvalue weighted by atomic mass is 10.0. The minimum Gasteiger partial charge on any atom is -0.508 e. The summed E-state index contributed by atoms with van der Waals surface area (Å²) in [6.07, 6.45) is 6.86. The molecule has 1 aliphatic heterocycles. The van der Waals surface area contributed by atoms with E-state index in [1.807, 2.05) is 24.5 Å². The van der Waals surface area contributed by atoms with Crippen molar-refractivity contribution in [2.45, 2.75) is 39.3 Å². The fraction of sp³-hybridized carbons (Fsp3) is 0.350. The molecule has 134 valence electrons. The maximum atomic E-state index is 9.48. The van der Waals surface area contributed by atoms with Crippen molar-refractivity contribution in [3.8, 4) is 17.0 Å². The van der Waals surface area contributed by atoms with Crippen LogP contribution in [0.2, 0.25) is 0 Å². The third-order valence-corrected chi connectivity index (χ3v) is 4.80. The maximum absolute atomic E-state index is 9.48. The molecule has 0 saturated carbocycles. The Kier molecular flexibility index (Phi) is 4.67. The summed E-state index contributed by atoms with van der Waals surface area (Å²) in [7, 11) is 0. The predicted octanol–water partition coefficient (Wildman–Crippen LogP) is 3.08. The summed E-state index contributed by atoms with van der Waals surface area (Å²) < 4.78 is 0. The van der Waals surface area contributed by atoms with E-state index in [4.69, 9.17) is 4.98 Å². The topological polar surface area (TPSA) is 77.9 Å². The highest BCUT2D eigenvalue weighted by atomic mass is 16.3. The van der Waals surface area contributed by atoms with Crippen molar-refractivity contribution < 1.29 is 5.11 Å². The van der Waals surface area contributed by atoms with E-state index in [2.05, 4.69) is 27.0 Å². The van der Waals surface area contributed by atoms with Gasteiger partial charge in [0.25, 0.3) is 0 Å². The van der Waals surface area contributed by atoms with Crippen LogP contribution in [0, 0.1) is 0 Å². The van der Waals surface area contributed by atoms with Crippen molar-refractivity contribution in [2.24, 2.45) is 0 Å². The fourth-order valence-corrected chi connectivity index (χ4v) is 3.44. The standard InChI is InChI=1S/C20H23N5O/c1-2-3-19-21-10-15-12-25(9-8-18(15)23-19)13-16-11-22-24-20(16)14-4-6-17(26)7-5-14/h4-7,10-11,26H,2-3,8-9,12-13H2,1H3,(H,22,24). The van der Waals surface area contributed by atoms with E-state index in [0.29, 0.717) is 0 Å². The van der Waals surface area contributed by atoms with E-state index < -0.39 is 0 Å². The van der Waals surface area contributed by atoms with Crippen LogP contribution >= 0.6 is 0 Å². The van der Waals surface area contributed by atoms with Crippen LogP contribution < -0.4 is 0 Å². The smallest absolute Gasteiger partial charge is 0.128 e. The number of H-pyrrole nitrogens is 1. The summed E-state index contributed by atoms with van der Waals surface area (Å²) in [6, 6.07) is 7.20. The molecule has 6 nitrogen and oxygen atoms in total. The molecule has 0 fully saturated rings. The van der Waals surface area contributed by atoms with Gasteiger partial charge in [-0.15, -0.1) is 0 Å². The van der Waals surface area contributed by atoms with Gasteiger partial charge in [0.15, 0.2) is 0 Å². The molecular formula is C20H23N5O. The summed E-state index contributed by atoms with van der Waals surface area (Å²) in [6.45, 7) is 4.82. The minimum absolute atomic E-state index is 0.268. The molecule has 0 radical (unpaired) electrons. The number of aryl methyl sites for hydroxylation is 1. The molecule has 0 spiro atoms. The Morgan fingerprint density at radius 2 is 2.04 bits per heavy atom. The molecule has 4 rings (SSSR count). The van der Waals surface area contributed by atoms with Gasteiger partial charge in [0, 0.05) is 61.1 Å². The zero-order chi connectivity index (χ0) is 17.9. The molecule has 3 heterocycles.